The third kappa shape index (κ3) is 4.87. The monoisotopic (exact) mass is 549 g/mol. The molecular formula is C26H33F2N5O4S. The van der Waals surface area contributed by atoms with Gasteiger partial charge in [-0.15, -0.1) is 0 Å². The minimum absolute atomic E-state index is 0.0167. The van der Waals surface area contributed by atoms with E-state index in [2.05, 4.69) is 4.90 Å². The van der Waals surface area contributed by atoms with Crippen LogP contribution in [0.15, 0.2) is 23.1 Å². The molecule has 0 saturated carbocycles. The van der Waals surface area contributed by atoms with E-state index < -0.39 is 16.7 Å². The molecule has 0 N–H and O–H groups in total. The zero-order valence-electron chi connectivity index (χ0n) is 21.5. The summed E-state index contributed by atoms with van der Waals surface area (Å²) >= 11 is 0. The molecule has 3 saturated heterocycles. The lowest BCUT2D eigenvalue weighted by atomic mass is 10.0. The fourth-order valence-corrected chi connectivity index (χ4v) is 7.30. The maximum Gasteiger partial charge on any atom is 0.274 e. The quantitative estimate of drug-likeness (QED) is 0.547. The van der Waals surface area contributed by atoms with Crippen LogP contribution in [0.2, 0.25) is 0 Å². The highest BCUT2D eigenvalue weighted by atomic mass is 32.2. The van der Waals surface area contributed by atoms with Gasteiger partial charge in [-0.3, -0.25) is 23.5 Å². The second-order valence-corrected chi connectivity index (χ2v) is 12.0. The number of fused-ring (bicyclic) bond motifs is 3. The Hall–Kier alpha value is -2.41. The highest BCUT2D eigenvalue weighted by Gasteiger charge is 2.43. The molecule has 3 fully saturated rings. The van der Waals surface area contributed by atoms with E-state index in [1.54, 1.807) is 16.9 Å². The first-order valence-electron chi connectivity index (χ1n) is 13.2. The standard InChI is InChI=1S/C26H33F2N5O4S/c1-36-19-4-5-20-22(13-19)38(35)15-21-23(25(34)32-9-11-37-12-10-32)29-33(24(20)21)18-3-2-6-30(14-18)7-8-31-16-26(27,28)17-31/h4-5,13,18H,2-3,6-12,14-17H2,1H3. The van der Waals surface area contributed by atoms with E-state index in [1.165, 1.54) is 0 Å². The Morgan fingerprint density at radius 2 is 1.95 bits per heavy atom. The summed E-state index contributed by atoms with van der Waals surface area (Å²) < 4.78 is 52.7. The Morgan fingerprint density at radius 1 is 1.18 bits per heavy atom. The molecule has 6 rings (SSSR count). The third-order valence-corrected chi connectivity index (χ3v) is 9.32. The van der Waals surface area contributed by atoms with Crippen molar-refractivity contribution in [1.82, 2.24) is 24.5 Å². The van der Waals surface area contributed by atoms with Gasteiger partial charge >= 0.3 is 0 Å². The van der Waals surface area contributed by atoms with Crippen molar-refractivity contribution < 1.29 is 27.3 Å². The molecule has 0 bridgehead atoms. The zero-order valence-corrected chi connectivity index (χ0v) is 22.4. The fourth-order valence-electron chi connectivity index (χ4n) is 5.95. The van der Waals surface area contributed by atoms with Crippen molar-refractivity contribution in [3.05, 3.63) is 29.5 Å². The SMILES string of the molecule is COc1ccc2c(c1)S(=O)Cc1c(C(=O)N3CCOCC3)nn(C3CCCN(CCN4CC(F)(F)C4)C3)c1-2. The van der Waals surface area contributed by atoms with Gasteiger partial charge in [0.2, 0.25) is 0 Å². The number of aromatic nitrogens is 2. The Morgan fingerprint density at radius 3 is 2.68 bits per heavy atom. The van der Waals surface area contributed by atoms with Crippen LogP contribution in [0.25, 0.3) is 11.3 Å². The first-order valence-corrected chi connectivity index (χ1v) is 14.5. The maximum absolute atomic E-state index is 13.6. The number of hydrogen-bond acceptors (Lipinski definition) is 7. The van der Waals surface area contributed by atoms with Crippen LogP contribution in [0.1, 0.15) is 34.9 Å². The molecule has 1 aromatic carbocycles. The van der Waals surface area contributed by atoms with Gasteiger partial charge in [0.25, 0.3) is 11.8 Å². The van der Waals surface area contributed by atoms with Gasteiger partial charge in [0.05, 0.1) is 66.6 Å². The summed E-state index contributed by atoms with van der Waals surface area (Å²) in [6.07, 6.45) is 1.84. The molecule has 206 valence electrons. The summed E-state index contributed by atoms with van der Waals surface area (Å²) in [6, 6.07) is 5.59. The molecule has 4 aliphatic heterocycles. The number of likely N-dealkylation sites (tertiary alicyclic amines) is 2. The van der Waals surface area contributed by atoms with Gasteiger partial charge in [0.1, 0.15) is 5.75 Å². The van der Waals surface area contributed by atoms with Gasteiger partial charge in [-0.05, 0) is 37.6 Å². The van der Waals surface area contributed by atoms with Crippen LogP contribution in [-0.4, -0.2) is 113 Å². The highest BCUT2D eigenvalue weighted by molar-refractivity contribution is 7.84. The largest absolute Gasteiger partial charge is 0.497 e. The van der Waals surface area contributed by atoms with Gasteiger partial charge in [-0.2, -0.15) is 5.10 Å². The number of halogens is 2. The van der Waals surface area contributed by atoms with Gasteiger partial charge in [-0.25, -0.2) is 8.78 Å². The predicted octanol–water partition coefficient (Wildman–Crippen LogP) is 2.24. The molecule has 5 heterocycles. The van der Waals surface area contributed by atoms with Crippen molar-refractivity contribution in [2.24, 2.45) is 0 Å². The maximum atomic E-state index is 13.6. The van der Waals surface area contributed by atoms with E-state index in [9.17, 15) is 17.8 Å². The van der Waals surface area contributed by atoms with E-state index in [-0.39, 0.29) is 30.8 Å². The van der Waals surface area contributed by atoms with E-state index in [0.717, 1.165) is 42.8 Å². The fraction of sp³-hybridized carbons (Fsp3) is 0.615. The van der Waals surface area contributed by atoms with Crippen LogP contribution in [0, 0.1) is 0 Å². The van der Waals surface area contributed by atoms with Crippen LogP contribution < -0.4 is 4.74 Å². The second-order valence-electron chi connectivity index (χ2n) is 10.5. The van der Waals surface area contributed by atoms with Crippen molar-refractivity contribution in [2.75, 3.05) is 72.7 Å². The van der Waals surface area contributed by atoms with Crippen LogP contribution in [-0.2, 0) is 21.3 Å². The van der Waals surface area contributed by atoms with E-state index in [1.807, 2.05) is 22.9 Å². The first kappa shape index (κ1) is 25.8. The number of hydrogen-bond donors (Lipinski definition) is 0. The number of nitrogens with zero attached hydrogens (tertiary/aromatic N) is 5. The van der Waals surface area contributed by atoms with Crippen molar-refractivity contribution in [2.45, 2.75) is 35.5 Å². The van der Waals surface area contributed by atoms with Gasteiger partial charge < -0.3 is 14.4 Å². The topological polar surface area (TPSA) is 80.1 Å². The number of alkyl halides is 2. The summed E-state index contributed by atoms with van der Waals surface area (Å²) in [5, 5.41) is 4.93. The third-order valence-electron chi connectivity index (χ3n) is 7.94. The van der Waals surface area contributed by atoms with Crippen molar-refractivity contribution in [1.29, 1.82) is 0 Å². The van der Waals surface area contributed by atoms with Crippen molar-refractivity contribution in [3.8, 4) is 17.0 Å². The smallest absolute Gasteiger partial charge is 0.274 e. The number of rotatable bonds is 6. The van der Waals surface area contributed by atoms with Gasteiger partial charge in [0, 0.05) is 43.9 Å². The average Bonchev–Trinajstić information content (AvgIpc) is 3.30. The summed E-state index contributed by atoms with van der Waals surface area (Å²) in [4.78, 5) is 20.2. The summed E-state index contributed by atoms with van der Waals surface area (Å²) in [6.45, 7) is 4.61. The number of amides is 1. The summed E-state index contributed by atoms with van der Waals surface area (Å²) in [5.74, 6) is -1.85. The van der Waals surface area contributed by atoms with Crippen LogP contribution >= 0.6 is 0 Å². The molecule has 2 unspecified atom stereocenters. The normalized spacial score (nSPS) is 25.4. The number of carbonyl (C=O) groups excluding carboxylic acids is 1. The summed E-state index contributed by atoms with van der Waals surface area (Å²) in [7, 11) is 0.249. The minimum Gasteiger partial charge on any atom is -0.497 e. The molecule has 0 aliphatic carbocycles. The lowest BCUT2D eigenvalue weighted by molar-refractivity contribution is -0.131. The molecule has 0 spiro atoms. The highest BCUT2D eigenvalue weighted by Crippen LogP contribution is 2.42. The molecule has 1 amide bonds. The van der Waals surface area contributed by atoms with Crippen molar-refractivity contribution >= 4 is 16.7 Å². The number of piperidine rings is 1. The lowest BCUT2D eigenvalue weighted by Gasteiger charge is -2.41. The predicted molar refractivity (Wildman–Crippen MR) is 137 cm³/mol. The molecular weight excluding hydrogens is 516 g/mol. The molecule has 1 aromatic heterocycles. The Labute approximate surface area is 223 Å². The minimum atomic E-state index is -2.56. The zero-order chi connectivity index (χ0) is 26.4. The Bertz CT molecular complexity index is 1240. The average molecular weight is 550 g/mol. The second kappa shape index (κ2) is 10.3. The van der Waals surface area contributed by atoms with E-state index in [4.69, 9.17) is 14.6 Å². The Kier molecular flexibility index (Phi) is 7.00. The van der Waals surface area contributed by atoms with Crippen LogP contribution in [0.4, 0.5) is 8.78 Å². The Balaban J connectivity index is 1.32. The molecule has 4 aliphatic rings. The number of ether oxygens (including phenoxy) is 2. The lowest BCUT2D eigenvalue weighted by Crippen LogP contribution is -2.57. The van der Waals surface area contributed by atoms with Gasteiger partial charge in [0.15, 0.2) is 5.69 Å². The number of methoxy groups -OCH3 is 1. The first-order chi connectivity index (χ1) is 18.3. The molecule has 0 radical (unpaired) electrons. The van der Waals surface area contributed by atoms with Crippen molar-refractivity contribution in [3.63, 3.8) is 0 Å². The summed E-state index contributed by atoms with van der Waals surface area (Å²) in [5.41, 5.74) is 2.78. The molecule has 2 aromatic rings. The van der Waals surface area contributed by atoms with Crippen LogP contribution in [0.3, 0.4) is 0 Å². The number of benzene rings is 1. The van der Waals surface area contributed by atoms with E-state index >= 15 is 0 Å². The van der Waals surface area contributed by atoms with Crippen LogP contribution in [0.5, 0.6) is 5.75 Å². The number of carbonyl (C=O) groups is 1. The molecule has 12 heteroatoms. The van der Waals surface area contributed by atoms with Gasteiger partial charge in [-0.1, -0.05) is 0 Å². The molecule has 2 atom stereocenters. The molecule has 9 nitrogen and oxygen atoms in total. The van der Waals surface area contributed by atoms with E-state index in [0.29, 0.717) is 55.7 Å². The molecule has 38 heavy (non-hydrogen) atoms. The number of morpholine rings is 1.